The average Bonchev–Trinajstić information content (AvgIpc) is 2.43. The molecule has 1 nitrogen and oxygen atoms in total. The van der Waals surface area contributed by atoms with Crippen molar-refractivity contribution in [1.29, 1.82) is 0 Å². The molecule has 0 fully saturated rings. The summed E-state index contributed by atoms with van der Waals surface area (Å²) in [5.74, 6) is 0. The molecule has 21 heavy (non-hydrogen) atoms. The van der Waals surface area contributed by atoms with E-state index >= 15 is 0 Å². The molecule has 1 aliphatic rings. The molecule has 0 amide bonds. The summed E-state index contributed by atoms with van der Waals surface area (Å²) in [5, 5.41) is 9.36. The smallest absolute Gasteiger partial charge is 0.0721 e. The third-order valence-corrected chi connectivity index (χ3v) is 4.11. The first kappa shape index (κ1) is 17.7. The summed E-state index contributed by atoms with van der Waals surface area (Å²) in [6.07, 6.45) is 20.3. The molecule has 0 radical (unpaired) electrons. The Morgan fingerprint density at radius 2 is 1.71 bits per heavy atom. The van der Waals surface area contributed by atoms with Crippen molar-refractivity contribution in [1.82, 2.24) is 0 Å². The molecule has 0 aromatic rings. The van der Waals surface area contributed by atoms with E-state index in [0.29, 0.717) is 5.41 Å². The fourth-order valence-electron chi connectivity index (χ4n) is 2.75. The van der Waals surface area contributed by atoms with Crippen molar-refractivity contribution in [3.8, 4) is 0 Å². The first-order valence-corrected chi connectivity index (χ1v) is 8.04. The molecule has 0 aromatic carbocycles. The number of hydrogen-bond acceptors (Lipinski definition) is 1. The molecule has 1 N–H and O–H groups in total. The molecule has 1 rings (SSSR count). The van der Waals surface area contributed by atoms with Gasteiger partial charge in [-0.05, 0) is 43.6 Å². The highest BCUT2D eigenvalue weighted by molar-refractivity contribution is 5.34. The van der Waals surface area contributed by atoms with Crippen molar-refractivity contribution < 1.29 is 5.11 Å². The van der Waals surface area contributed by atoms with Gasteiger partial charge in [0.25, 0.3) is 0 Å². The quantitative estimate of drug-likeness (QED) is 0.638. The highest BCUT2D eigenvalue weighted by Gasteiger charge is 2.26. The second-order valence-corrected chi connectivity index (χ2v) is 6.42. The van der Waals surface area contributed by atoms with Gasteiger partial charge in [-0.25, -0.2) is 0 Å². The van der Waals surface area contributed by atoms with E-state index in [0.717, 1.165) is 6.42 Å². The molecule has 1 unspecified atom stereocenters. The summed E-state index contributed by atoms with van der Waals surface area (Å²) >= 11 is 0. The largest absolute Gasteiger partial charge is 0.389 e. The van der Waals surface area contributed by atoms with E-state index in [9.17, 15) is 5.11 Å². The van der Waals surface area contributed by atoms with Crippen LogP contribution < -0.4 is 0 Å². The molecule has 0 saturated heterocycles. The Morgan fingerprint density at radius 3 is 2.33 bits per heavy atom. The Hall–Kier alpha value is -1.34. The van der Waals surface area contributed by atoms with Crippen LogP contribution in [0.5, 0.6) is 0 Å². The van der Waals surface area contributed by atoms with Crippen LogP contribution in [0.4, 0.5) is 0 Å². The summed E-state index contributed by atoms with van der Waals surface area (Å²) in [6, 6.07) is 0. The number of hydrogen-bond donors (Lipinski definition) is 1. The summed E-state index contributed by atoms with van der Waals surface area (Å²) in [4.78, 5) is 0. The lowest BCUT2D eigenvalue weighted by molar-refractivity contribution is 0.219. The average molecular weight is 286 g/mol. The predicted octanol–water partition coefficient (Wildman–Crippen LogP) is 5.51. The minimum Gasteiger partial charge on any atom is -0.389 e. The summed E-state index contributed by atoms with van der Waals surface area (Å²) in [7, 11) is 0. The van der Waals surface area contributed by atoms with Gasteiger partial charge in [0.2, 0.25) is 0 Å². The van der Waals surface area contributed by atoms with Gasteiger partial charge in [-0.3, -0.25) is 0 Å². The van der Waals surface area contributed by atoms with Crippen molar-refractivity contribution in [2.75, 3.05) is 0 Å². The van der Waals surface area contributed by atoms with Crippen LogP contribution >= 0.6 is 0 Å². The fraction of sp³-hybridized carbons (Fsp3) is 0.500. The van der Waals surface area contributed by atoms with Crippen molar-refractivity contribution in [3.05, 3.63) is 59.8 Å². The lowest BCUT2D eigenvalue weighted by Gasteiger charge is -2.32. The summed E-state index contributed by atoms with van der Waals surface area (Å²) in [5.41, 5.74) is 3.33. The topological polar surface area (TPSA) is 20.2 Å². The Balaban J connectivity index is 2.52. The molecular weight excluding hydrogens is 256 g/mol. The molecule has 0 aromatic heterocycles. The van der Waals surface area contributed by atoms with E-state index in [4.69, 9.17) is 0 Å². The maximum Gasteiger partial charge on any atom is 0.0721 e. The normalized spacial score (nSPS) is 21.4. The third kappa shape index (κ3) is 6.31. The monoisotopic (exact) mass is 286 g/mol. The maximum absolute atomic E-state index is 9.36. The van der Waals surface area contributed by atoms with Crippen LogP contribution in [-0.4, -0.2) is 11.2 Å². The van der Waals surface area contributed by atoms with Gasteiger partial charge < -0.3 is 5.11 Å². The number of aliphatic hydroxyl groups excluding tert-OH is 1. The van der Waals surface area contributed by atoms with Gasteiger partial charge in [-0.2, -0.15) is 0 Å². The Morgan fingerprint density at radius 1 is 1.10 bits per heavy atom. The first-order chi connectivity index (χ1) is 9.97. The van der Waals surface area contributed by atoms with Crippen molar-refractivity contribution in [2.45, 2.75) is 59.5 Å². The maximum atomic E-state index is 9.36. The minimum absolute atomic E-state index is 0.307. The van der Waals surface area contributed by atoms with Crippen LogP contribution in [0, 0.1) is 5.41 Å². The number of allylic oxidation sites excluding steroid dienone is 9. The zero-order chi connectivity index (χ0) is 15.7. The van der Waals surface area contributed by atoms with Gasteiger partial charge in [0.15, 0.2) is 0 Å². The molecule has 0 spiro atoms. The zero-order valence-electron chi connectivity index (χ0n) is 14.0. The molecule has 0 aliphatic heterocycles. The van der Waals surface area contributed by atoms with Crippen molar-refractivity contribution >= 4 is 0 Å². The van der Waals surface area contributed by atoms with Crippen LogP contribution in [0.25, 0.3) is 0 Å². The molecule has 0 heterocycles. The number of aliphatic hydroxyl groups is 1. The van der Waals surface area contributed by atoms with Crippen LogP contribution in [-0.2, 0) is 0 Å². The summed E-state index contributed by atoms with van der Waals surface area (Å²) < 4.78 is 0. The molecule has 1 atom stereocenters. The minimum atomic E-state index is -0.332. The Bertz CT molecular complexity index is 458. The van der Waals surface area contributed by atoms with Crippen molar-refractivity contribution in [3.63, 3.8) is 0 Å². The molecular formula is C20H30O. The SMILES string of the molecule is CCC(O)C=CC=CC=CC=CC1=C(C)CCCC1(C)C. The second-order valence-electron chi connectivity index (χ2n) is 6.42. The molecule has 0 saturated carbocycles. The van der Waals surface area contributed by atoms with E-state index in [1.54, 1.807) is 6.08 Å². The standard InChI is InChI=1S/C20H30O/c1-5-18(21)14-10-8-6-7-9-11-15-19-17(2)13-12-16-20(19,3)4/h6-11,14-15,18,21H,5,12-13,16H2,1-4H3. The Kier molecular flexibility index (Phi) is 7.45. The highest BCUT2D eigenvalue weighted by atomic mass is 16.3. The molecule has 116 valence electrons. The molecule has 0 bridgehead atoms. The van der Waals surface area contributed by atoms with E-state index in [1.807, 2.05) is 31.2 Å². The van der Waals surface area contributed by atoms with Crippen LogP contribution in [0.1, 0.15) is 53.4 Å². The van der Waals surface area contributed by atoms with Gasteiger partial charge in [-0.1, -0.05) is 75.0 Å². The van der Waals surface area contributed by atoms with E-state index < -0.39 is 0 Å². The van der Waals surface area contributed by atoms with E-state index in [-0.39, 0.29) is 6.10 Å². The fourth-order valence-corrected chi connectivity index (χ4v) is 2.75. The lowest BCUT2D eigenvalue weighted by Crippen LogP contribution is -2.18. The summed E-state index contributed by atoms with van der Waals surface area (Å²) in [6.45, 7) is 8.90. The Labute approximate surface area is 130 Å². The highest BCUT2D eigenvalue weighted by Crippen LogP contribution is 2.40. The van der Waals surface area contributed by atoms with Crippen LogP contribution in [0.15, 0.2) is 59.8 Å². The van der Waals surface area contributed by atoms with E-state index in [2.05, 4.69) is 39.0 Å². The predicted molar refractivity (Wildman–Crippen MR) is 93.2 cm³/mol. The van der Waals surface area contributed by atoms with Crippen molar-refractivity contribution in [2.24, 2.45) is 5.41 Å². The van der Waals surface area contributed by atoms with E-state index in [1.165, 1.54) is 30.4 Å². The van der Waals surface area contributed by atoms with Gasteiger partial charge >= 0.3 is 0 Å². The van der Waals surface area contributed by atoms with Gasteiger partial charge in [-0.15, -0.1) is 0 Å². The van der Waals surface area contributed by atoms with Crippen LogP contribution in [0.3, 0.4) is 0 Å². The van der Waals surface area contributed by atoms with Crippen LogP contribution in [0.2, 0.25) is 0 Å². The second kappa shape index (κ2) is 8.84. The van der Waals surface area contributed by atoms with Gasteiger partial charge in [0, 0.05) is 0 Å². The van der Waals surface area contributed by atoms with Gasteiger partial charge in [0.1, 0.15) is 0 Å². The molecule has 1 aliphatic carbocycles. The van der Waals surface area contributed by atoms with Gasteiger partial charge in [0.05, 0.1) is 6.10 Å². The third-order valence-electron chi connectivity index (χ3n) is 4.11. The first-order valence-electron chi connectivity index (χ1n) is 8.04. The zero-order valence-corrected chi connectivity index (χ0v) is 14.0. The number of rotatable bonds is 6. The molecule has 1 heteroatoms. The lowest BCUT2D eigenvalue weighted by atomic mass is 9.73.